The van der Waals surface area contributed by atoms with Gasteiger partial charge >= 0.3 is 0 Å². The smallest absolute Gasteiger partial charge is 0.194 e. The lowest BCUT2D eigenvalue weighted by atomic mass is 9.67. The van der Waals surface area contributed by atoms with Crippen LogP contribution in [-0.2, 0) is 10.2 Å². The summed E-state index contributed by atoms with van der Waals surface area (Å²) in [4.78, 5) is 0. The Kier molecular flexibility index (Phi) is 2.31. The molecule has 20 heavy (non-hydrogen) atoms. The van der Waals surface area contributed by atoms with Crippen LogP contribution in [0.5, 0.6) is 0 Å². The molecular formula is C18H15NO. The van der Waals surface area contributed by atoms with E-state index in [0.29, 0.717) is 0 Å². The predicted octanol–water partition coefficient (Wildman–Crippen LogP) is 3.43. The number of nitrogens with zero attached hydrogens (tertiary/aromatic N) is 1. The Morgan fingerprint density at radius 2 is 1.50 bits per heavy atom. The highest BCUT2D eigenvalue weighted by molar-refractivity contribution is 5.52. The van der Waals surface area contributed by atoms with Crippen molar-refractivity contribution in [1.29, 1.82) is 5.26 Å². The summed E-state index contributed by atoms with van der Waals surface area (Å²) in [5.41, 5.74) is 1.38. The average Bonchev–Trinajstić information content (AvgIpc) is 3.17. The second-order valence-corrected chi connectivity index (χ2v) is 5.63. The van der Waals surface area contributed by atoms with Gasteiger partial charge in [-0.1, -0.05) is 60.7 Å². The summed E-state index contributed by atoms with van der Waals surface area (Å²) in [5, 5.41) is 9.75. The topological polar surface area (TPSA) is 36.3 Å². The molecule has 1 saturated carbocycles. The molecule has 4 rings (SSSR count). The van der Waals surface area contributed by atoms with Gasteiger partial charge in [-0.3, -0.25) is 0 Å². The van der Waals surface area contributed by atoms with E-state index in [-0.39, 0.29) is 11.5 Å². The van der Waals surface area contributed by atoms with Gasteiger partial charge in [-0.25, -0.2) is 0 Å². The van der Waals surface area contributed by atoms with Crippen LogP contribution in [0.2, 0.25) is 0 Å². The first-order valence-electron chi connectivity index (χ1n) is 7.04. The third-order valence-electron chi connectivity index (χ3n) is 4.84. The van der Waals surface area contributed by atoms with Gasteiger partial charge in [-0.2, -0.15) is 5.26 Å². The van der Waals surface area contributed by atoms with E-state index in [1.807, 2.05) is 36.4 Å². The molecule has 1 saturated heterocycles. The number of hydrogen-bond donors (Lipinski definition) is 0. The number of fused-ring (bicyclic) bond motifs is 1. The van der Waals surface area contributed by atoms with Crippen molar-refractivity contribution in [3.63, 3.8) is 0 Å². The minimum Gasteiger partial charge on any atom is -0.349 e. The zero-order chi connectivity index (χ0) is 13.6. The van der Waals surface area contributed by atoms with Gasteiger partial charge < -0.3 is 4.74 Å². The zero-order valence-electron chi connectivity index (χ0n) is 11.1. The minimum atomic E-state index is -0.671. The highest BCUT2D eigenvalue weighted by atomic mass is 16.6. The Labute approximate surface area is 118 Å². The number of hydrogen-bond acceptors (Lipinski definition) is 2. The first-order valence-corrected chi connectivity index (χ1v) is 7.04. The van der Waals surface area contributed by atoms with Crippen LogP contribution in [0.1, 0.15) is 24.0 Å². The summed E-state index contributed by atoms with van der Waals surface area (Å²) in [7, 11) is 0. The van der Waals surface area contributed by atoms with E-state index in [1.165, 1.54) is 11.1 Å². The van der Waals surface area contributed by atoms with Crippen LogP contribution in [0.3, 0.4) is 0 Å². The van der Waals surface area contributed by atoms with Crippen molar-refractivity contribution in [2.24, 2.45) is 0 Å². The van der Waals surface area contributed by atoms with Gasteiger partial charge in [0.15, 0.2) is 5.60 Å². The molecule has 2 heteroatoms. The van der Waals surface area contributed by atoms with Gasteiger partial charge in [-0.15, -0.1) is 0 Å². The maximum Gasteiger partial charge on any atom is 0.194 e. The molecule has 98 valence electrons. The molecule has 2 aliphatic rings. The van der Waals surface area contributed by atoms with Crippen LogP contribution >= 0.6 is 0 Å². The first-order chi connectivity index (χ1) is 9.83. The lowest BCUT2D eigenvalue weighted by molar-refractivity contribution is 0.218. The molecule has 2 atom stereocenters. The second-order valence-electron chi connectivity index (χ2n) is 5.63. The molecule has 0 amide bonds. The Morgan fingerprint density at radius 3 is 1.95 bits per heavy atom. The average molecular weight is 261 g/mol. The third-order valence-corrected chi connectivity index (χ3v) is 4.84. The predicted molar refractivity (Wildman–Crippen MR) is 76.1 cm³/mol. The molecule has 1 heterocycles. The second kappa shape index (κ2) is 3.94. The van der Waals surface area contributed by atoms with Gasteiger partial charge in [0, 0.05) is 0 Å². The van der Waals surface area contributed by atoms with E-state index < -0.39 is 5.60 Å². The number of epoxide rings is 1. The van der Waals surface area contributed by atoms with Crippen LogP contribution in [0.4, 0.5) is 0 Å². The molecule has 0 bridgehead atoms. The lowest BCUT2D eigenvalue weighted by Gasteiger charge is -2.34. The van der Waals surface area contributed by atoms with E-state index in [0.717, 1.165) is 12.8 Å². The molecule has 2 fully saturated rings. The molecule has 0 N–H and O–H groups in total. The molecule has 0 radical (unpaired) electrons. The molecule has 2 aromatic rings. The summed E-state index contributed by atoms with van der Waals surface area (Å²) >= 11 is 0. The molecule has 2 nitrogen and oxygen atoms in total. The van der Waals surface area contributed by atoms with Crippen LogP contribution in [0, 0.1) is 11.3 Å². The van der Waals surface area contributed by atoms with Gasteiger partial charge in [0.2, 0.25) is 0 Å². The number of nitriles is 1. The Bertz CT molecular complexity index is 634. The molecular weight excluding hydrogens is 246 g/mol. The first kappa shape index (κ1) is 11.7. The Hall–Kier alpha value is -2.11. The molecule has 0 spiro atoms. The molecule has 0 unspecified atom stereocenters. The number of benzene rings is 2. The minimum absolute atomic E-state index is 0.0907. The van der Waals surface area contributed by atoms with E-state index in [4.69, 9.17) is 4.74 Å². The van der Waals surface area contributed by atoms with Gasteiger partial charge in [-0.05, 0) is 24.0 Å². The van der Waals surface area contributed by atoms with E-state index in [1.54, 1.807) is 0 Å². The normalized spacial score (nSPS) is 29.4. The summed E-state index contributed by atoms with van der Waals surface area (Å²) in [6.45, 7) is 0. The van der Waals surface area contributed by atoms with Crippen molar-refractivity contribution in [1.82, 2.24) is 0 Å². The molecule has 2 aromatic carbocycles. The Morgan fingerprint density at radius 1 is 0.950 bits per heavy atom. The van der Waals surface area contributed by atoms with Gasteiger partial charge in [0.25, 0.3) is 0 Å². The van der Waals surface area contributed by atoms with Crippen LogP contribution in [0.15, 0.2) is 60.7 Å². The van der Waals surface area contributed by atoms with Crippen molar-refractivity contribution >= 4 is 0 Å². The maximum atomic E-state index is 9.75. The highest BCUT2D eigenvalue weighted by Crippen LogP contribution is 2.64. The monoisotopic (exact) mass is 261 g/mol. The number of rotatable bonds is 2. The lowest BCUT2D eigenvalue weighted by Crippen LogP contribution is -2.40. The van der Waals surface area contributed by atoms with Crippen molar-refractivity contribution in [2.45, 2.75) is 30.0 Å². The van der Waals surface area contributed by atoms with Crippen LogP contribution in [0.25, 0.3) is 0 Å². The standard InChI is InChI=1S/C18H15NO/c19-13-18-16(20-18)11-12-17(18,14-7-3-1-4-8-14)15-9-5-2-6-10-15/h1-10,16H,11-12H2/t16-,18+/m0/s1. The van der Waals surface area contributed by atoms with Crippen molar-refractivity contribution in [2.75, 3.05) is 0 Å². The molecule has 1 aliphatic heterocycles. The van der Waals surface area contributed by atoms with E-state index in [2.05, 4.69) is 30.3 Å². The van der Waals surface area contributed by atoms with Crippen LogP contribution in [-0.4, -0.2) is 11.7 Å². The molecule has 1 aliphatic carbocycles. The van der Waals surface area contributed by atoms with Gasteiger partial charge in [0.05, 0.1) is 5.41 Å². The third kappa shape index (κ3) is 1.26. The van der Waals surface area contributed by atoms with Gasteiger partial charge in [0.1, 0.15) is 12.2 Å². The van der Waals surface area contributed by atoms with Crippen molar-refractivity contribution in [3.05, 3.63) is 71.8 Å². The summed E-state index contributed by atoms with van der Waals surface area (Å²) in [6.07, 6.45) is 2.02. The van der Waals surface area contributed by atoms with E-state index >= 15 is 0 Å². The van der Waals surface area contributed by atoms with Crippen molar-refractivity contribution < 1.29 is 4.74 Å². The molecule has 0 aromatic heterocycles. The number of ether oxygens (including phenoxy) is 1. The van der Waals surface area contributed by atoms with Crippen molar-refractivity contribution in [3.8, 4) is 6.07 Å². The van der Waals surface area contributed by atoms with Crippen LogP contribution < -0.4 is 0 Å². The maximum absolute atomic E-state index is 9.75. The fourth-order valence-corrected chi connectivity index (χ4v) is 3.88. The van der Waals surface area contributed by atoms with E-state index in [9.17, 15) is 5.26 Å². The largest absolute Gasteiger partial charge is 0.349 e. The summed E-state index contributed by atoms with van der Waals surface area (Å²) < 4.78 is 5.85. The fourth-order valence-electron chi connectivity index (χ4n) is 3.88. The Balaban J connectivity index is 1.98. The quantitative estimate of drug-likeness (QED) is 0.776. The zero-order valence-corrected chi connectivity index (χ0v) is 11.1. The highest BCUT2D eigenvalue weighted by Gasteiger charge is 2.75. The fraction of sp³-hybridized carbons (Fsp3) is 0.278. The summed E-state index contributed by atoms with van der Waals surface area (Å²) in [5.74, 6) is 0. The summed E-state index contributed by atoms with van der Waals surface area (Å²) in [6, 6.07) is 23.2. The SMILES string of the molecule is N#C[C@@]12O[C@H]1CCC2(c1ccccc1)c1ccccc1.